The summed E-state index contributed by atoms with van der Waals surface area (Å²) in [6.07, 6.45) is -0.0921. The average molecular weight is 402 g/mol. The zero-order valence-electron chi connectivity index (χ0n) is 14.5. The predicted octanol–water partition coefficient (Wildman–Crippen LogP) is 2.86. The van der Waals surface area contributed by atoms with E-state index in [0.29, 0.717) is 24.7 Å². The third-order valence-electron chi connectivity index (χ3n) is 2.86. The van der Waals surface area contributed by atoms with Gasteiger partial charge >= 0.3 is 5.97 Å². The van der Waals surface area contributed by atoms with Crippen molar-refractivity contribution in [3.05, 3.63) is 22.2 Å². The molecule has 24 heavy (non-hydrogen) atoms. The van der Waals surface area contributed by atoms with Crippen LogP contribution in [0.3, 0.4) is 0 Å². The van der Waals surface area contributed by atoms with Crippen LogP contribution in [0.15, 0.2) is 16.6 Å². The largest absolute Gasteiger partial charge is 0.490 e. The van der Waals surface area contributed by atoms with Crippen molar-refractivity contribution in [2.45, 2.75) is 40.2 Å². The first-order chi connectivity index (χ1) is 11.4. The van der Waals surface area contributed by atoms with Crippen LogP contribution >= 0.6 is 15.9 Å². The van der Waals surface area contributed by atoms with Gasteiger partial charge in [-0.05, 0) is 45.4 Å². The van der Waals surface area contributed by atoms with Gasteiger partial charge in [0.05, 0.1) is 25.7 Å². The van der Waals surface area contributed by atoms with Crippen molar-refractivity contribution in [2.75, 3.05) is 19.8 Å². The van der Waals surface area contributed by atoms with Crippen molar-refractivity contribution in [1.29, 1.82) is 0 Å². The maximum Gasteiger partial charge on any atom is 0.325 e. The zero-order chi connectivity index (χ0) is 18.1. The number of amides is 1. The van der Waals surface area contributed by atoms with Gasteiger partial charge in [-0.15, -0.1) is 0 Å². The molecule has 0 fully saturated rings. The van der Waals surface area contributed by atoms with E-state index >= 15 is 0 Å². The van der Waals surface area contributed by atoms with Crippen molar-refractivity contribution in [3.8, 4) is 11.5 Å². The molecule has 6 nitrogen and oxygen atoms in total. The molecule has 1 rings (SSSR count). The van der Waals surface area contributed by atoms with E-state index in [0.717, 1.165) is 10.0 Å². The number of ether oxygens (including phenoxy) is 3. The standard InChI is InChI=1S/C17H24BrNO5/c1-5-22-14-7-12(13(18)9-15(14)23-6-2)8-16(20)19-10-17(21)24-11(3)4/h7,9,11H,5-6,8,10H2,1-4H3,(H,19,20). The van der Waals surface area contributed by atoms with E-state index in [1.807, 2.05) is 13.8 Å². The Hall–Kier alpha value is -1.76. The minimum absolute atomic E-state index is 0.113. The summed E-state index contributed by atoms with van der Waals surface area (Å²) in [5.41, 5.74) is 0.747. The Morgan fingerprint density at radius 2 is 1.71 bits per heavy atom. The lowest BCUT2D eigenvalue weighted by Crippen LogP contribution is -2.32. The van der Waals surface area contributed by atoms with Crippen LogP contribution in [0.1, 0.15) is 33.3 Å². The molecule has 1 N–H and O–H groups in total. The third-order valence-corrected chi connectivity index (χ3v) is 3.60. The molecule has 0 unspecified atom stereocenters. The topological polar surface area (TPSA) is 73.9 Å². The molecule has 1 amide bonds. The Bertz CT molecular complexity index is 574. The summed E-state index contributed by atoms with van der Waals surface area (Å²) >= 11 is 3.44. The fourth-order valence-corrected chi connectivity index (χ4v) is 2.42. The maximum absolute atomic E-state index is 12.0. The van der Waals surface area contributed by atoms with Gasteiger partial charge in [-0.25, -0.2) is 0 Å². The molecule has 0 spiro atoms. The molecule has 7 heteroatoms. The number of hydrogen-bond donors (Lipinski definition) is 1. The van der Waals surface area contributed by atoms with E-state index in [4.69, 9.17) is 14.2 Å². The number of carbonyl (C=O) groups is 2. The molecular weight excluding hydrogens is 378 g/mol. The number of carbonyl (C=O) groups excluding carboxylic acids is 2. The SMILES string of the molecule is CCOc1cc(Br)c(CC(=O)NCC(=O)OC(C)C)cc1OCC. The quantitative estimate of drug-likeness (QED) is 0.643. The molecule has 0 radical (unpaired) electrons. The molecule has 0 atom stereocenters. The first-order valence-electron chi connectivity index (χ1n) is 7.91. The van der Waals surface area contributed by atoms with E-state index in [-0.39, 0.29) is 25.0 Å². The maximum atomic E-state index is 12.0. The van der Waals surface area contributed by atoms with Gasteiger partial charge in [-0.2, -0.15) is 0 Å². The van der Waals surface area contributed by atoms with Crippen LogP contribution in [0.4, 0.5) is 0 Å². The predicted molar refractivity (Wildman–Crippen MR) is 94.4 cm³/mol. The summed E-state index contributed by atoms with van der Waals surface area (Å²) in [6.45, 7) is 8.15. The smallest absolute Gasteiger partial charge is 0.325 e. The van der Waals surface area contributed by atoms with E-state index in [9.17, 15) is 9.59 Å². The van der Waals surface area contributed by atoms with Gasteiger partial charge in [0.15, 0.2) is 11.5 Å². The Balaban J connectivity index is 2.74. The number of rotatable bonds is 9. The minimum Gasteiger partial charge on any atom is -0.490 e. The number of nitrogens with one attached hydrogen (secondary N) is 1. The second kappa shape index (κ2) is 10.2. The summed E-state index contributed by atoms with van der Waals surface area (Å²) < 4.78 is 16.8. The first-order valence-corrected chi connectivity index (χ1v) is 8.70. The number of halogens is 1. The molecule has 134 valence electrons. The Labute approximate surface area is 151 Å². The number of benzene rings is 1. The van der Waals surface area contributed by atoms with Crippen molar-refractivity contribution in [2.24, 2.45) is 0 Å². The molecule has 0 aromatic heterocycles. The van der Waals surface area contributed by atoms with Gasteiger partial charge in [0.1, 0.15) is 6.54 Å². The van der Waals surface area contributed by atoms with Crippen molar-refractivity contribution in [3.63, 3.8) is 0 Å². The van der Waals surface area contributed by atoms with Crippen LogP contribution in [-0.4, -0.2) is 37.7 Å². The number of hydrogen-bond acceptors (Lipinski definition) is 5. The van der Waals surface area contributed by atoms with Crippen LogP contribution in [0.2, 0.25) is 0 Å². The Morgan fingerprint density at radius 3 is 2.25 bits per heavy atom. The van der Waals surface area contributed by atoms with Gasteiger partial charge in [0, 0.05) is 4.47 Å². The molecule has 0 aliphatic heterocycles. The zero-order valence-corrected chi connectivity index (χ0v) is 16.1. The lowest BCUT2D eigenvalue weighted by atomic mass is 10.1. The summed E-state index contributed by atoms with van der Waals surface area (Å²) in [4.78, 5) is 23.5. The van der Waals surface area contributed by atoms with Crippen LogP contribution in [0.25, 0.3) is 0 Å². The van der Waals surface area contributed by atoms with Crippen LogP contribution in [-0.2, 0) is 20.7 Å². The molecular formula is C17H24BrNO5. The Morgan fingerprint density at radius 1 is 1.12 bits per heavy atom. The molecule has 0 saturated heterocycles. The van der Waals surface area contributed by atoms with E-state index < -0.39 is 5.97 Å². The van der Waals surface area contributed by atoms with E-state index in [1.165, 1.54) is 0 Å². The van der Waals surface area contributed by atoms with Crippen molar-refractivity contribution >= 4 is 27.8 Å². The molecule has 0 aliphatic carbocycles. The monoisotopic (exact) mass is 401 g/mol. The van der Waals surface area contributed by atoms with Gasteiger partial charge in [0.25, 0.3) is 0 Å². The first kappa shape index (κ1) is 20.3. The van der Waals surface area contributed by atoms with Gasteiger partial charge in [-0.3, -0.25) is 9.59 Å². The molecule has 1 aromatic carbocycles. The highest BCUT2D eigenvalue weighted by Crippen LogP contribution is 2.34. The van der Waals surface area contributed by atoms with Gasteiger partial charge < -0.3 is 19.5 Å². The lowest BCUT2D eigenvalue weighted by molar-refractivity contribution is -0.147. The molecule has 0 heterocycles. The van der Waals surface area contributed by atoms with Crippen LogP contribution in [0.5, 0.6) is 11.5 Å². The second-order valence-electron chi connectivity index (χ2n) is 5.25. The highest BCUT2D eigenvalue weighted by molar-refractivity contribution is 9.10. The molecule has 0 aliphatic rings. The number of esters is 1. The molecule has 0 bridgehead atoms. The van der Waals surface area contributed by atoms with E-state index in [1.54, 1.807) is 26.0 Å². The highest BCUT2D eigenvalue weighted by atomic mass is 79.9. The van der Waals surface area contributed by atoms with E-state index in [2.05, 4.69) is 21.2 Å². The second-order valence-corrected chi connectivity index (χ2v) is 6.10. The highest BCUT2D eigenvalue weighted by Gasteiger charge is 2.14. The lowest BCUT2D eigenvalue weighted by Gasteiger charge is -2.14. The summed E-state index contributed by atoms with van der Waals surface area (Å²) in [5, 5.41) is 2.55. The summed E-state index contributed by atoms with van der Waals surface area (Å²) in [6, 6.07) is 3.55. The van der Waals surface area contributed by atoms with Crippen LogP contribution < -0.4 is 14.8 Å². The van der Waals surface area contributed by atoms with Gasteiger partial charge in [-0.1, -0.05) is 15.9 Å². The normalized spacial score (nSPS) is 10.4. The fraction of sp³-hybridized carbons (Fsp3) is 0.529. The van der Waals surface area contributed by atoms with Gasteiger partial charge in [0.2, 0.25) is 5.91 Å². The molecule has 0 saturated carbocycles. The van der Waals surface area contributed by atoms with Crippen LogP contribution in [0, 0.1) is 0 Å². The Kier molecular flexibility index (Phi) is 8.60. The minimum atomic E-state index is -0.459. The molecule has 1 aromatic rings. The van der Waals surface area contributed by atoms with Crippen molar-refractivity contribution in [1.82, 2.24) is 5.32 Å². The van der Waals surface area contributed by atoms with Crippen molar-refractivity contribution < 1.29 is 23.8 Å². The summed E-state index contributed by atoms with van der Waals surface area (Å²) in [7, 11) is 0. The fourth-order valence-electron chi connectivity index (χ4n) is 1.96. The summed E-state index contributed by atoms with van der Waals surface area (Å²) in [5.74, 6) is 0.475. The average Bonchev–Trinajstić information content (AvgIpc) is 2.49. The third kappa shape index (κ3) is 6.78.